The molecular formula is C20H26N2S8. The minimum atomic E-state index is 0.572. The van der Waals surface area contributed by atoms with E-state index in [4.69, 9.17) is 10.5 Å². The second-order valence-electron chi connectivity index (χ2n) is 6.05. The second kappa shape index (κ2) is 16.6. The Morgan fingerprint density at radius 3 is 1.23 bits per heavy atom. The van der Waals surface area contributed by atoms with Crippen LogP contribution in [0.1, 0.15) is 52.4 Å². The maximum Gasteiger partial charge on any atom is 0.0717 e. The van der Waals surface area contributed by atoms with Crippen molar-refractivity contribution in [2.75, 3.05) is 23.0 Å². The van der Waals surface area contributed by atoms with Crippen LogP contribution in [0.5, 0.6) is 0 Å². The van der Waals surface area contributed by atoms with Crippen molar-refractivity contribution in [1.29, 1.82) is 10.5 Å². The Hall–Kier alpha value is 1.000. The summed E-state index contributed by atoms with van der Waals surface area (Å²) in [5, 5.41) is 17.8. The van der Waals surface area contributed by atoms with Crippen molar-refractivity contribution in [1.82, 2.24) is 0 Å². The molecule has 0 unspecified atom stereocenters. The highest BCUT2D eigenvalue weighted by Crippen LogP contribution is 2.66. The maximum absolute atomic E-state index is 8.88. The van der Waals surface area contributed by atoms with Crippen LogP contribution in [-0.4, -0.2) is 23.0 Å². The quantitative estimate of drug-likeness (QED) is 0.195. The Bertz CT molecular complexity index is 687. The molecule has 164 valence electrons. The van der Waals surface area contributed by atoms with E-state index in [0.29, 0.717) is 12.8 Å². The average Bonchev–Trinajstić information content (AvgIpc) is 3.33. The first-order valence-corrected chi connectivity index (χ1v) is 17.1. The summed E-state index contributed by atoms with van der Waals surface area (Å²) >= 11 is 15.3. The summed E-state index contributed by atoms with van der Waals surface area (Å²) in [6, 6.07) is 4.49. The molecule has 0 atom stereocenters. The Morgan fingerprint density at radius 2 is 0.933 bits per heavy atom. The first-order chi connectivity index (χ1) is 14.7. The molecule has 30 heavy (non-hydrogen) atoms. The molecule has 0 bridgehead atoms. The number of thioether (sulfide) groups is 8. The molecule has 2 nitrogen and oxygen atoms in total. The van der Waals surface area contributed by atoms with Crippen molar-refractivity contribution in [3.05, 3.63) is 25.4 Å². The van der Waals surface area contributed by atoms with E-state index in [1.54, 1.807) is 23.5 Å². The molecule has 0 saturated heterocycles. The number of hydrogen-bond acceptors (Lipinski definition) is 10. The van der Waals surface area contributed by atoms with Gasteiger partial charge in [0.1, 0.15) is 0 Å². The second-order valence-corrected chi connectivity index (χ2v) is 16.1. The van der Waals surface area contributed by atoms with Crippen molar-refractivity contribution in [2.45, 2.75) is 52.4 Å². The highest BCUT2D eigenvalue weighted by atomic mass is 32.3. The molecule has 0 aromatic heterocycles. The molecule has 0 N–H and O–H groups in total. The van der Waals surface area contributed by atoms with Crippen LogP contribution < -0.4 is 0 Å². The maximum atomic E-state index is 8.88. The number of rotatable bonds is 14. The fourth-order valence-corrected chi connectivity index (χ4v) is 14.2. The van der Waals surface area contributed by atoms with Crippen LogP contribution in [0.3, 0.4) is 0 Å². The van der Waals surface area contributed by atoms with Crippen molar-refractivity contribution in [3.8, 4) is 12.1 Å². The predicted octanol–water partition coefficient (Wildman–Crippen LogP) is 9.69. The van der Waals surface area contributed by atoms with Gasteiger partial charge in [-0.25, -0.2) is 0 Å². The summed E-state index contributed by atoms with van der Waals surface area (Å²) in [5.74, 6) is 4.06. The normalized spacial score (nSPS) is 16.5. The topological polar surface area (TPSA) is 47.6 Å². The van der Waals surface area contributed by atoms with E-state index in [0.717, 1.165) is 11.5 Å². The van der Waals surface area contributed by atoms with E-state index in [2.05, 4.69) is 26.0 Å². The van der Waals surface area contributed by atoms with Gasteiger partial charge in [-0.1, -0.05) is 73.7 Å². The molecule has 0 spiro atoms. The van der Waals surface area contributed by atoms with E-state index in [1.165, 1.54) is 62.6 Å². The minimum absolute atomic E-state index is 0.572. The molecule has 0 radical (unpaired) electrons. The fraction of sp³-hybridized carbons (Fsp3) is 0.600. The molecule has 0 fully saturated rings. The van der Waals surface area contributed by atoms with Crippen LogP contribution in [0.2, 0.25) is 0 Å². The van der Waals surface area contributed by atoms with Crippen LogP contribution in [0.25, 0.3) is 0 Å². The van der Waals surface area contributed by atoms with Gasteiger partial charge >= 0.3 is 0 Å². The summed E-state index contributed by atoms with van der Waals surface area (Å²) in [7, 11) is 0. The van der Waals surface area contributed by atoms with Crippen LogP contribution in [0, 0.1) is 22.7 Å². The van der Waals surface area contributed by atoms with Gasteiger partial charge in [0, 0.05) is 24.3 Å². The molecule has 2 rings (SSSR count). The first-order valence-electron chi connectivity index (χ1n) is 9.92. The Balaban J connectivity index is 2.07. The molecule has 0 amide bonds. The van der Waals surface area contributed by atoms with Gasteiger partial charge in [0.05, 0.1) is 37.6 Å². The number of nitrogens with zero attached hydrogens (tertiary/aromatic N) is 2. The lowest BCUT2D eigenvalue weighted by Crippen LogP contribution is -1.80. The van der Waals surface area contributed by atoms with Crippen LogP contribution in [-0.2, 0) is 0 Å². The summed E-state index contributed by atoms with van der Waals surface area (Å²) in [4.78, 5) is 0. The number of nitriles is 2. The molecule has 0 aliphatic carbocycles. The van der Waals surface area contributed by atoms with E-state index in [-0.39, 0.29) is 0 Å². The van der Waals surface area contributed by atoms with Crippen molar-refractivity contribution < 1.29 is 0 Å². The molecular weight excluding hydrogens is 525 g/mol. The Labute approximate surface area is 215 Å². The third-order valence-corrected chi connectivity index (χ3v) is 15.3. The zero-order chi connectivity index (χ0) is 21.6. The number of hydrogen-bond donors (Lipinski definition) is 0. The summed E-state index contributed by atoms with van der Waals surface area (Å²) in [6.45, 7) is 4.51. The van der Waals surface area contributed by atoms with E-state index in [1.807, 2.05) is 70.6 Å². The number of unbranched alkanes of at least 4 members (excludes halogenated alkanes) is 2. The molecule has 0 saturated carbocycles. The zero-order valence-electron chi connectivity index (χ0n) is 17.2. The van der Waals surface area contributed by atoms with Gasteiger partial charge in [0.2, 0.25) is 0 Å². The fourth-order valence-electron chi connectivity index (χ4n) is 2.06. The van der Waals surface area contributed by atoms with Crippen LogP contribution in [0.4, 0.5) is 0 Å². The van der Waals surface area contributed by atoms with Gasteiger partial charge in [-0.05, 0) is 24.3 Å². The highest BCUT2D eigenvalue weighted by Gasteiger charge is 2.30. The van der Waals surface area contributed by atoms with Gasteiger partial charge in [-0.15, -0.1) is 47.0 Å². The van der Waals surface area contributed by atoms with E-state index < -0.39 is 0 Å². The lowest BCUT2D eigenvalue weighted by molar-refractivity contribution is 0.897. The lowest BCUT2D eigenvalue weighted by Gasteiger charge is -2.03. The van der Waals surface area contributed by atoms with Crippen molar-refractivity contribution in [2.24, 2.45) is 0 Å². The van der Waals surface area contributed by atoms with E-state index in [9.17, 15) is 0 Å². The lowest BCUT2D eigenvalue weighted by atomic mass is 10.4. The largest absolute Gasteiger partial charge is 0.198 e. The molecule has 2 aliphatic rings. The SMILES string of the molecule is CCCCSC1=C(SCCCC)SC(=C2SC(SCCC#N)=C(SCCC#N)S2)S1. The first kappa shape index (κ1) is 27.2. The van der Waals surface area contributed by atoms with Crippen LogP contribution >= 0.6 is 94.1 Å². The van der Waals surface area contributed by atoms with Gasteiger partial charge in [-0.3, -0.25) is 0 Å². The predicted molar refractivity (Wildman–Crippen MR) is 152 cm³/mol. The molecule has 0 aromatic carbocycles. The highest BCUT2D eigenvalue weighted by molar-refractivity contribution is 8.45. The Morgan fingerprint density at radius 1 is 0.600 bits per heavy atom. The summed E-state index contributed by atoms with van der Waals surface area (Å²) in [6.07, 6.45) is 6.16. The van der Waals surface area contributed by atoms with Crippen molar-refractivity contribution >= 4 is 94.1 Å². The molecule has 10 heteroatoms. The standard InChI is InChI=1S/C20H26N2S8/c1-3-5-11-23-15-16(24-12-6-4-2)28-19(27-15)20-29-17(25-13-7-9-21)18(30-20)26-14-8-10-22/h3-8,11-14H2,1-2H3. The third kappa shape index (κ3) is 9.47. The van der Waals surface area contributed by atoms with Crippen LogP contribution in [0.15, 0.2) is 25.4 Å². The van der Waals surface area contributed by atoms with E-state index >= 15 is 0 Å². The average molecular weight is 551 g/mol. The minimum Gasteiger partial charge on any atom is -0.198 e. The summed E-state index contributed by atoms with van der Waals surface area (Å²) < 4.78 is 8.40. The smallest absolute Gasteiger partial charge is 0.0717 e. The zero-order valence-corrected chi connectivity index (χ0v) is 23.8. The molecule has 2 heterocycles. The molecule has 2 aliphatic heterocycles. The van der Waals surface area contributed by atoms with Gasteiger partial charge < -0.3 is 0 Å². The van der Waals surface area contributed by atoms with Crippen molar-refractivity contribution in [3.63, 3.8) is 0 Å². The van der Waals surface area contributed by atoms with Gasteiger partial charge in [0.25, 0.3) is 0 Å². The van der Waals surface area contributed by atoms with Gasteiger partial charge in [0.15, 0.2) is 0 Å². The third-order valence-electron chi connectivity index (χ3n) is 3.60. The Kier molecular flexibility index (Phi) is 15.1. The monoisotopic (exact) mass is 550 g/mol. The van der Waals surface area contributed by atoms with Gasteiger partial charge in [-0.2, -0.15) is 10.5 Å². The molecule has 0 aromatic rings. The summed E-state index contributed by atoms with van der Waals surface area (Å²) in [5.41, 5.74) is 0.